The lowest BCUT2D eigenvalue weighted by atomic mass is 10.2. The molecule has 0 spiro atoms. The molecule has 0 aliphatic heterocycles. The van der Waals surface area contributed by atoms with E-state index in [1.807, 2.05) is 0 Å². The van der Waals surface area contributed by atoms with E-state index in [9.17, 15) is 14.5 Å². The number of nitrogens with zero attached hydrogens (tertiary/aromatic N) is 2. The summed E-state index contributed by atoms with van der Waals surface area (Å²) < 4.78 is 12.6. The third kappa shape index (κ3) is 1.81. The van der Waals surface area contributed by atoms with Crippen molar-refractivity contribution in [2.75, 3.05) is 0 Å². The van der Waals surface area contributed by atoms with Crippen LogP contribution in [0.3, 0.4) is 0 Å². The second-order valence-electron chi connectivity index (χ2n) is 2.16. The summed E-state index contributed by atoms with van der Waals surface area (Å²) in [6.45, 7) is 0. The first kappa shape index (κ1) is 9.61. The van der Waals surface area contributed by atoms with Crippen LogP contribution in [-0.4, -0.2) is 4.92 Å². The van der Waals surface area contributed by atoms with Crippen LogP contribution in [0, 0.1) is 27.3 Å². The Hall–Kier alpha value is -1.48. The Bertz CT molecular complexity index is 414. The molecule has 1 aromatic carbocycles. The molecule has 0 radical (unpaired) electrons. The van der Waals surface area contributed by atoms with Gasteiger partial charge in [-0.15, -0.1) is 0 Å². The number of rotatable bonds is 1. The fourth-order valence-electron chi connectivity index (χ4n) is 0.772. The molecule has 0 aliphatic rings. The minimum atomic E-state index is -0.814. The molecular weight excluding hydrogens is 243 g/mol. The smallest absolute Gasteiger partial charge is 0.258 e. The maximum Gasteiger partial charge on any atom is 0.287 e. The highest BCUT2D eigenvalue weighted by Crippen LogP contribution is 2.28. The quantitative estimate of drug-likeness (QED) is 0.563. The number of nitro benzene ring substituents is 1. The van der Waals surface area contributed by atoms with Crippen molar-refractivity contribution in [3.8, 4) is 6.07 Å². The number of nitro groups is 1. The Labute approximate surface area is 80.9 Å². The van der Waals surface area contributed by atoms with Gasteiger partial charge in [0.2, 0.25) is 0 Å². The standard InChI is InChI=1S/C7H2BrFN2O2/c8-7-5(9)1-4(3-10)2-6(7)11(12)13/h1-2H. The Kier molecular flexibility index (Phi) is 2.58. The first-order chi connectivity index (χ1) is 6.06. The Balaban J connectivity index is 3.44. The molecule has 13 heavy (non-hydrogen) atoms. The minimum absolute atomic E-state index is 0.0765. The van der Waals surface area contributed by atoms with E-state index < -0.39 is 16.4 Å². The van der Waals surface area contributed by atoms with E-state index in [0.717, 1.165) is 12.1 Å². The zero-order valence-electron chi connectivity index (χ0n) is 6.12. The number of hydrogen-bond donors (Lipinski definition) is 0. The summed E-state index contributed by atoms with van der Waals surface area (Å²) in [5, 5.41) is 18.7. The summed E-state index contributed by atoms with van der Waals surface area (Å²) in [6, 6.07) is 3.56. The molecule has 4 nitrogen and oxygen atoms in total. The van der Waals surface area contributed by atoms with E-state index in [0.29, 0.717) is 0 Å². The van der Waals surface area contributed by atoms with Gasteiger partial charge >= 0.3 is 0 Å². The molecule has 0 bridgehead atoms. The highest BCUT2D eigenvalue weighted by molar-refractivity contribution is 9.10. The average Bonchev–Trinajstić information content (AvgIpc) is 2.09. The van der Waals surface area contributed by atoms with Crippen molar-refractivity contribution < 1.29 is 9.31 Å². The molecule has 0 atom stereocenters. The number of nitriles is 1. The second-order valence-corrected chi connectivity index (χ2v) is 2.95. The van der Waals surface area contributed by atoms with Crippen LogP contribution < -0.4 is 0 Å². The lowest BCUT2D eigenvalue weighted by Gasteiger charge is -1.96. The van der Waals surface area contributed by atoms with Crippen molar-refractivity contribution >= 4 is 21.6 Å². The van der Waals surface area contributed by atoms with E-state index >= 15 is 0 Å². The fraction of sp³-hybridized carbons (Fsp3) is 0. The summed E-state index contributed by atoms with van der Waals surface area (Å²) in [5.41, 5.74) is -0.524. The van der Waals surface area contributed by atoms with Crippen LogP contribution >= 0.6 is 15.9 Å². The third-order valence-corrected chi connectivity index (χ3v) is 2.12. The molecule has 66 valence electrons. The van der Waals surface area contributed by atoms with E-state index in [4.69, 9.17) is 5.26 Å². The summed E-state index contributed by atoms with van der Waals surface area (Å²) in [4.78, 5) is 9.59. The number of halogens is 2. The molecule has 0 saturated heterocycles. The van der Waals surface area contributed by atoms with E-state index in [-0.39, 0.29) is 10.0 Å². The zero-order valence-corrected chi connectivity index (χ0v) is 7.71. The van der Waals surface area contributed by atoms with E-state index in [1.165, 1.54) is 0 Å². The van der Waals surface area contributed by atoms with Crippen molar-refractivity contribution in [3.63, 3.8) is 0 Å². The molecule has 0 saturated carbocycles. The maximum atomic E-state index is 12.9. The van der Waals surface area contributed by atoms with Crippen LogP contribution in [0.25, 0.3) is 0 Å². The van der Waals surface area contributed by atoms with E-state index in [1.54, 1.807) is 6.07 Å². The Morgan fingerprint density at radius 2 is 2.23 bits per heavy atom. The largest absolute Gasteiger partial charge is 0.287 e. The van der Waals surface area contributed by atoms with Crippen molar-refractivity contribution in [3.05, 3.63) is 38.1 Å². The van der Waals surface area contributed by atoms with Gasteiger partial charge in [-0.05, 0) is 22.0 Å². The average molecular weight is 245 g/mol. The Morgan fingerprint density at radius 3 is 2.69 bits per heavy atom. The van der Waals surface area contributed by atoms with Crippen molar-refractivity contribution in [2.24, 2.45) is 0 Å². The summed E-state index contributed by atoms with van der Waals surface area (Å²) in [7, 11) is 0. The first-order valence-electron chi connectivity index (χ1n) is 3.10. The van der Waals surface area contributed by atoms with Crippen LogP contribution in [0.2, 0.25) is 0 Å². The molecule has 0 heterocycles. The van der Waals surface area contributed by atoms with Gasteiger partial charge in [0.25, 0.3) is 5.69 Å². The highest BCUT2D eigenvalue weighted by Gasteiger charge is 2.17. The van der Waals surface area contributed by atoms with Gasteiger partial charge in [-0.3, -0.25) is 10.1 Å². The third-order valence-electron chi connectivity index (χ3n) is 1.33. The van der Waals surface area contributed by atoms with Crippen LogP contribution in [0.15, 0.2) is 16.6 Å². The van der Waals surface area contributed by atoms with Crippen molar-refractivity contribution in [1.29, 1.82) is 5.26 Å². The molecule has 0 N–H and O–H groups in total. The molecule has 1 rings (SSSR count). The normalized spacial score (nSPS) is 9.31. The molecule has 0 unspecified atom stereocenters. The van der Waals surface area contributed by atoms with E-state index in [2.05, 4.69) is 15.9 Å². The lowest BCUT2D eigenvalue weighted by Crippen LogP contribution is -1.93. The SMILES string of the molecule is N#Cc1cc(F)c(Br)c([N+](=O)[O-])c1. The summed E-state index contributed by atoms with van der Waals surface area (Å²) in [5.74, 6) is -0.814. The molecular formula is C7H2BrFN2O2. The van der Waals surface area contributed by atoms with Crippen molar-refractivity contribution in [2.45, 2.75) is 0 Å². The molecule has 0 aromatic heterocycles. The van der Waals surface area contributed by atoms with Crippen LogP contribution in [0.1, 0.15) is 5.56 Å². The zero-order chi connectivity index (χ0) is 10.0. The van der Waals surface area contributed by atoms with Gasteiger partial charge in [0, 0.05) is 6.07 Å². The van der Waals surface area contributed by atoms with Gasteiger partial charge in [-0.2, -0.15) is 5.26 Å². The van der Waals surface area contributed by atoms with Crippen molar-refractivity contribution in [1.82, 2.24) is 0 Å². The van der Waals surface area contributed by atoms with Gasteiger partial charge in [-0.25, -0.2) is 4.39 Å². The summed E-state index contributed by atoms with van der Waals surface area (Å²) >= 11 is 2.72. The number of hydrogen-bond acceptors (Lipinski definition) is 3. The minimum Gasteiger partial charge on any atom is -0.258 e. The maximum absolute atomic E-state index is 12.9. The topological polar surface area (TPSA) is 66.9 Å². The predicted molar refractivity (Wildman–Crippen MR) is 45.5 cm³/mol. The predicted octanol–water partition coefficient (Wildman–Crippen LogP) is 2.37. The highest BCUT2D eigenvalue weighted by atomic mass is 79.9. The molecule has 6 heteroatoms. The molecule has 0 fully saturated rings. The van der Waals surface area contributed by atoms with Gasteiger partial charge in [0.05, 0.1) is 16.6 Å². The monoisotopic (exact) mass is 244 g/mol. The second kappa shape index (κ2) is 3.49. The molecule has 1 aromatic rings. The van der Waals surface area contributed by atoms with Crippen LogP contribution in [0.5, 0.6) is 0 Å². The Morgan fingerprint density at radius 1 is 1.62 bits per heavy atom. The van der Waals surface area contributed by atoms with Gasteiger partial charge in [0.15, 0.2) is 0 Å². The fourth-order valence-corrected chi connectivity index (χ4v) is 1.15. The van der Waals surface area contributed by atoms with Crippen LogP contribution in [-0.2, 0) is 0 Å². The first-order valence-corrected chi connectivity index (χ1v) is 3.89. The molecule has 0 aliphatic carbocycles. The van der Waals surface area contributed by atoms with Gasteiger partial charge in [-0.1, -0.05) is 0 Å². The van der Waals surface area contributed by atoms with Gasteiger partial charge < -0.3 is 0 Å². The number of benzene rings is 1. The summed E-state index contributed by atoms with van der Waals surface area (Å²) in [6.07, 6.45) is 0. The van der Waals surface area contributed by atoms with Crippen LogP contribution in [0.4, 0.5) is 10.1 Å². The molecule has 0 amide bonds. The lowest BCUT2D eigenvalue weighted by molar-refractivity contribution is -0.385. The van der Waals surface area contributed by atoms with Gasteiger partial charge in [0.1, 0.15) is 10.3 Å².